The van der Waals surface area contributed by atoms with Crippen LogP contribution in [0.15, 0.2) is 23.1 Å². The maximum atomic E-state index is 13.7. The van der Waals surface area contributed by atoms with Gasteiger partial charge in [0.25, 0.3) is 0 Å². The standard InChI is InChI=1S/C10H15FN2O3S/c1-7(6-14)13(2)10-4-3-8(5-9(10)11)17(12,15)16/h3-5,7,14H,6H2,1-2H3,(H2,12,15,16). The maximum absolute atomic E-state index is 13.7. The van der Waals surface area contributed by atoms with Gasteiger partial charge in [0.1, 0.15) is 5.82 Å². The summed E-state index contributed by atoms with van der Waals surface area (Å²) in [6.07, 6.45) is 0. The molecule has 1 aromatic rings. The van der Waals surface area contributed by atoms with Crippen LogP contribution in [0, 0.1) is 5.82 Å². The molecule has 1 unspecified atom stereocenters. The number of hydrogen-bond acceptors (Lipinski definition) is 4. The van der Waals surface area contributed by atoms with Crippen LogP contribution in [0.25, 0.3) is 0 Å². The lowest BCUT2D eigenvalue weighted by Gasteiger charge is -2.25. The van der Waals surface area contributed by atoms with Crippen molar-refractivity contribution in [1.29, 1.82) is 0 Å². The van der Waals surface area contributed by atoms with Crippen LogP contribution in [0.1, 0.15) is 6.92 Å². The molecule has 0 spiro atoms. The summed E-state index contributed by atoms with van der Waals surface area (Å²) in [4.78, 5) is 1.24. The molecule has 5 nitrogen and oxygen atoms in total. The number of rotatable bonds is 4. The van der Waals surface area contributed by atoms with E-state index in [-0.39, 0.29) is 23.2 Å². The largest absolute Gasteiger partial charge is 0.394 e. The molecule has 17 heavy (non-hydrogen) atoms. The lowest BCUT2D eigenvalue weighted by molar-refractivity contribution is 0.269. The van der Waals surface area contributed by atoms with Crippen molar-refractivity contribution < 1.29 is 17.9 Å². The van der Waals surface area contributed by atoms with Crippen molar-refractivity contribution in [2.75, 3.05) is 18.6 Å². The highest BCUT2D eigenvalue weighted by molar-refractivity contribution is 7.89. The zero-order chi connectivity index (χ0) is 13.2. The number of aliphatic hydroxyl groups excluding tert-OH is 1. The van der Waals surface area contributed by atoms with Gasteiger partial charge in [0.2, 0.25) is 10.0 Å². The third-order valence-corrected chi connectivity index (χ3v) is 3.46. The number of hydrogen-bond donors (Lipinski definition) is 2. The molecule has 96 valence electrons. The number of nitrogens with zero attached hydrogens (tertiary/aromatic N) is 1. The van der Waals surface area contributed by atoms with E-state index < -0.39 is 15.8 Å². The Morgan fingerprint density at radius 3 is 2.53 bits per heavy atom. The summed E-state index contributed by atoms with van der Waals surface area (Å²) >= 11 is 0. The average molecular weight is 262 g/mol. The highest BCUT2D eigenvalue weighted by Gasteiger charge is 2.16. The van der Waals surface area contributed by atoms with Crippen molar-refractivity contribution in [2.45, 2.75) is 17.9 Å². The minimum Gasteiger partial charge on any atom is -0.394 e. The Morgan fingerprint density at radius 2 is 2.12 bits per heavy atom. The Hall–Kier alpha value is -1.18. The molecule has 1 atom stereocenters. The van der Waals surface area contributed by atoms with Gasteiger partial charge in [-0.3, -0.25) is 0 Å². The van der Waals surface area contributed by atoms with E-state index >= 15 is 0 Å². The van der Waals surface area contributed by atoms with Crippen LogP contribution in [0.3, 0.4) is 0 Å². The monoisotopic (exact) mass is 262 g/mol. The van der Waals surface area contributed by atoms with Crippen molar-refractivity contribution in [1.82, 2.24) is 0 Å². The van der Waals surface area contributed by atoms with Gasteiger partial charge < -0.3 is 10.0 Å². The first-order valence-electron chi connectivity index (χ1n) is 4.93. The van der Waals surface area contributed by atoms with Gasteiger partial charge in [-0.2, -0.15) is 0 Å². The van der Waals surface area contributed by atoms with Gasteiger partial charge in [0, 0.05) is 13.1 Å². The van der Waals surface area contributed by atoms with Crippen LogP contribution >= 0.6 is 0 Å². The van der Waals surface area contributed by atoms with E-state index in [9.17, 15) is 12.8 Å². The number of likely N-dealkylation sites (N-methyl/N-ethyl adjacent to an activating group) is 1. The first-order valence-corrected chi connectivity index (χ1v) is 6.48. The first kappa shape index (κ1) is 13.9. The third kappa shape index (κ3) is 3.15. The van der Waals surface area contributed by atoms with Crippen molar-refractivity contribution >= 4 is 15.7 Å². The Balaban J connectivity index is 3.15. The smallest absolute Gasteiger partial charge is 0.238 e. The quantitative estimate of drug-likeness (QED) is 0.817. The molecule has 0 fully saturated rings. The minimum absolute atomic E-state index is 0.132. The molecule has 7 heteroatoms. The van der Waals surface area contributed by atoms with Crippen molar-refractivity contribution in [2.24, 2.45) is 5.14 Å². The molecule has 0 saturated carbocycles. The molecule has 0 heterocycles. The number of nitrogens with two attached hydrogens (primary N) is 1. The van der Waals surface area contributed by atoms with E-state index in [0.29, 0.717) is 0 Å². The number of sulfonamides is 1. The summed E-state index contributed by atoms with van der Waals surface area (Å²) in [6, 6.07) is 3.14. The normalized spacial score (nSPS) is 13.5. The second-order valence-electron chi connectivity index (χ2n) is 3.80. The van der Waals surface area contributed by atoms with Crippen LogP contribution in [-0.2, 0) is 10.0 Å². The highest BCUT2D eigenvalue weighted by atomic mass is 32.2. The molecule has 0 aliphatic carbocycles. The Kier molecular flexibility index (Phi) is 4.07. The number of anilines is 1. The summed E-state index contributed by atoms with van der Waals surface area (Å²) in [5.74, 6) is -0.695. The molecule has 0 aliphatic heterocycles. The fourth-order valence-corrected chi connectivity index (χ4v) is 1.84. The summed E-state index contributed by atoms with van der Waals surface area (Å²) in [6.45, 7) is 1.58. The number of aliphatic hydroxyl groups is 1. The lowest BCUT2D eigenvalue weighted by atomic mass is 10.2. The van der Waals surface area contributed by atoms with Gasteiger partial charge in [0.05, 0.1) is 17.2 Å². The molecule has 0 aliphatic rings. The van der Waals surface area contributed by atoms with Crippen LogP contribution in [0.4, 0.5) is 10.1 Å². The summed E-state index contributed by atoms with van der Waals surface area (Å²) in [5.41, 5.74) is 0.207. The molecule has 0 saturated heterocycles. The van der Waals surface area contributed by atoms with Crippen molar-refractivity contribution in [3.05, 3.63) is 24.0 Å². The average Bonchev–Trinajstić information content (AvgIpc) is 2.25. The topological polar surface area (TPSA) is 83.6 Å². The fraction of sp³-hybridized carbons (Fsp3) is 0.400. The van der Waals surface area contributed by atoms with E-state index in [1.54, 1.807) is 14.0 Å². The van der Waals surface area contributed by atoms with Gasteiger partial charge in [-0.1, -0.05) is 0 Å². The van der Waals surface area contributed by atoms with Crippen LogP contribution < -0.4 is 10.0 Å². The lowest BCUT2D eigenvalue weighted by Crippen LogP contribution is -2.32. The van der Waals surface area contributed by atoms with Gasteiger partial charge >= 0.3 is 0 Å². The van der Waals surface area contributed by atoms with E-state index in [0.717, 1.165) is 6.07 Å². The highest BCUT2D eigenvalue weighted by Crippen LogP contribution is 2.22. The van der Waals surface area contributed by atoms with Crippen molar-refractivity contribution in [3.8, 4) is 0 Å². The van der Waals surface area contributed by atoms with Crippen LogP contribution in [0.5, 0.6) is 0 Å². The Bertz CT molecular complexity index is 504. The molecule has 0 amide bonds. The van der Waals surface area contributed by atoms with Gasteiger partial charge in [-0.15, -0.1) is 0 Å². The van der Waals surface area contributed by atoms with Crippen LogP contribution in [-0.4, -0.2) is 33.2 Å². The van der Waals surface area contributed by atoms with Gasteiger partial charge in [0.15, 0.2) is 0 Å². The second kappa shape index (κ2) is 4.99. The predicted octanol–water partition coefficient (Wildman–Crippen LogP) is 0.290. The van der Waals surface area contributed by atoms with Crippen molar-refractivity contribution in [3.63, 3.8) is 0 Å². The molecular formula is C10H15FN2O3S. The Labute approximate surface area is 99.7 Å². The van der Waals surface area contributed by atoms with E-state index in [2.05, 4.69) is 0 Å². The second-order valence-corrected chi connectivity index (χ2v) is 5.36. The number of halogens is 1. The maximum Gasteiger partial charge on any atom is 0.238 e. The molecule has 3 N–H and O–H groups in total. The zero-order valence-electron chi connectivity index (χ0n) is 9.59. The molecule has 0 aromatic heterocycles. The Morgan fingerprint density at radius 1 is 1.53 bits per heavy atom. The molecular weight excluding hydrogens is 247 g/mol. The predicted molar refractivity (Wildman–Crippen MR) is 62.7 cm³/mol. The number of primary sulfonamides is 1. The summed E-state index contributed by atoms with van der Waals surface area (Å²) in [5, 5.41) is 13.9. The molecule has 1 rings (SSSR count). The SMILES string of the molecule is CC(CO)N(C)c1ccc(S(N)(=O)=O)cc1F. The first-order chi connectivity index (χ1) is 7.77. The molecule has 0 bridgehead atoms. The van der Waals surface area contributed by atoms with E-state index in [1.807, 2.05) is 0 Å². The molecule has 1 aromatic carbocycles. The van der Waals surface area contributed by atoms with Crippen LogP contribution in [0.2, 0.25) is 0 Å². The minimum atomic E-state index is -3.90. The summed E-state index contributed by atoms with van der Waals surface area (Å²) < 4.78 is 35.7. The van der Waals surface area contributed by atoms with E-state index in [1.165, 1.54) is 17.0 Å². The third-order valence-electron chi connectivity index (χ3n) is 2.55. The number of benzene rings is 1. The zero-order valence-corrected chi connectivity index (χ0v) is 10.4. The fourth-order valence-electron chi connectivity index (χ4n) is 1.31. The molecule has 0 radical (unpaired) electrons. The summed E-state index contributed by atoms with van der Waals surface area (Å²) in [7, 11) is -2.29. The van der Waals surface area contributed by atoms with E-state index in [4.69, 9.17) is 10.2 Å². The van der Waals surface area contributed by atoms with Gasteiger partial charge in [-0.05, 0) is 25.1 Å². The van der Waals surface area contributed by atoms with Gasteiger partial charge in [-0.25, -0.2) is 17.9 Å².